The van der Waals surface area contributed by atoms with Crippen molar-refractivity contribution in [3.05, 3.63) is 34.0 Å². The number of nitrogens with one attached hydrogen (secondary N) is 1. The highest BCUT2D eigenvalue weighted by Gasteiger charge is 2.52. The average Bonchev–Trinajstić information content (AvgIpc) is 2.73. The topological polar surface area (TPSA) is 69.7 Å². The molecule has 0 aliphatic carbocycles. The summed E-state index contributed by atoms with van der Waals surface area (Å²) in [6.07, 6.45) is 3.07. The summed E-state index contributed by atoms with van der Waals surface area (Å²) >= 11 is 6.03. The molecule has 8 heteroatoms. The fourth-order valence-corrected chi connectivity index (χ4v) is 2.66. The highest BCUT2D eigenvalue weighted by molar-refractivity contribution is 6.56. The van der Waals surface area contributed by atoms with Gasteiger partial charge in [-0.1, -0.05) is 17.7 Å². The van der Waals surface area contributed by atoms with Crippen molar-refractivity contribution in [3.63, 3.8) is 0 Å². The van der Waals surface area contributed by atoms with Crippen LogP contribution in [0.4, 0.5) is 4.79 Å². The van der Waals surface area contributed by atoms with E-state index in [-0.39, 0.29) is 6.54 Å². The number of aromatic nitrogens is 1. The van der Waals surface area contributed by atoms with E-state index in [1.165, 1.54) is 0 Å². The summed E-state index contributed by atoms with van der Waals surface area (Å²) in [5, 5.41) is 3.24. The number of halogens is 1. The highest BCUT2D eigenvalue weighted by Crippen LogP contribution is 2.38. The van der Waals surface area contributed by atoms with Gasteiger partial charge in [0.1, 0.15) is 10.8 Å². The van der Waals surface area contributed by atoms with E-state index >= 15 is 0 Å². The van der Waals surface area contributed by atoms with Gasteiger partial charge in [-0.05, 0) is 78.1 Å². The molecule has 1 amide bonds. The van der Waals surface area contributed by atoms with Crippen molar-refractivity contribution >= 4 is 30.9 Å². The molecule has 2 heterocycles. The standard InChI is InChI=1S/C20H30BClN2O4/c1-13-9-14(11-23-16(13)22)10-15(12-24-17(25)26-18(2,3)4)21-27-19(5,6)20(7,8)28-21/h9-11H,12H2,1-8H3,(H,24,25). The first-order valence-electron chi connectivity index (χ1n) is 9.35. The third kappa shape index (κ3) is 5.72. The molecule has 0 atom stereocenters. The Morgan fingerprint density at radius 2 is 1.86 bits per heavy atom. The zero-order valence-electron chi connectivity index (χ0n) is 18.0. The van der Waals surface area contributed by atoms with E-state index in [0.29, 0.717) is 5.15 Å². The van der Waals surface area contributed by atoms with Gasteiger partial charge >= 0.3 is 13.2 Å². The predicted molar refractivity (Wildman–Crippen MR) is 112 cm³/mol. The minimum Gasteiger partial charge on any atom is -0.444 e. The Morgan fingerprint density at radius 3 is 2.36 bits per heavy atom. The summed E-state index contributed by atoms with van der Waals surface area (Å²) in [5.74, 6) is 0. The molecule has 1 saturated heterocycles. The van der Waals surface area contributed by atoms with Gasteiger partial charge in [-0.2, -0.15) is 0 Å². The molecule has 1 aliphatic heterocycles. The molecular formula is C20H30BClN2O4. The monoisotopic (exact) mass is 408 g/mol. The zero-order valence-corrected chi connectivity index (χ0v) is 18.7. The van der Waals surface area contributed by atoms with Crippen molar-refractivity contribution in [1.82, 2.24) is 10.3 Å². The van der Waals surface area contributed by atoms with Gasteiger partial charge in [-0.15, -0.1) is 0 Å². The Balaban J connectivity index is 2.27. The molecule has 0 spiro atoms. The number of carbonyl (C=O) groups excluding carboxylic acids is 1. The normalized spacial score (nSPS) is 18.9. The van der Waals surface area contributed by atoms with Crippen molar-refractivity contribution in [2.24, 2.45) is 0 Å². The molecule has 6 nitrogen and oxygen atoms in total. The second kappa shape index (κ2) is 8.05. The van der Waals surface area contributed by atoms with Crippen LogP contribution in [0.15, 0.2) is 17.7 Å². The minimum atomic E-state index is -0.601. The van der Waals surface area contributed by atoms with Gasteiger partial charge in [0.15, 0.2) is 0 Å². The number of rotatable bonds is 4. The van der Waals surface area contributed by atoms with Crippen LogP contribution in [0.25, 0.3) is 6.08 Å². The average molecular weight is 409 g/mol. The molecule has 0 bridgehead atoms. The molecule has 1 aromatic heterocycles. The van der Waals surface area contributed by atoms with Gasteiger partial charge in [0, 0.05) is 12.7 Å². The SMILES string of the molecule is Cc1cc(C=C(CNC(=O)OC(C)(C)C)B2OC(C)(C)C(C)(C)O2)cnc1Cl. The van der Waals surface area contributed by atoms with E-state index in [9.17, 15) is 4.79 Å². The summed E-state index contributed by atoms with van der Waals surface area (Å²) in [6.45, 7) is 15.5. The quantitative estimate of drug-likeness (QED) is 0.583. The molecular weight excluding hydrogens is 378 g/mol. The lowest BCUT2D eigenvalue weighted by Crippen LogP contribution is -2.41. The Hall–Kier alpha value is -1.57. The molecule has 2 rings (SSSR count). The van der Waals surface area contributed by atoms with E-state index in [1.54, 1.807) is 6.20 Å². The van der Waals surface area contributed by atoms with Crippen molar-refractivity contribution in [2.75, 3.05) is 6.54 Å². The Kier molecular flexibility index (Phi) is 6.53. The molecule has 1 fully saturated rings. The maximum Gasteiger partial charge on any atom is 0.492 e. The summed E-state index contributed by atoms with van der Waals surface area (Å²) in [6, 6.07) is 1.92. The lowest BCUT2D eigenvalue weighted by Gasteiger charge is -2.32. The van der Waals surface area contributed by atoms with E-state index in [0.717, 1.165) is 16.6 Å². The van der Waals surface area contributed by atoms with Crippen LogP contribution in [0, 0.1) is 6.92 Å². The lowest BCUT2D eigenvalue weighted by molar-refractivity contribution is 0.00578. The van der Waals surface area contributed by atoms with Gasteiger partial charge in [-0.25, -0.2) is 9.78 Å². The van der Waals surface area contributed by atoms with Crippen molar-refractivity contribution in [2.45, 2.75) is 72.2 Å². The number of ether oxygens (including phenoxy) is 1. The lowest BCUT2D eigenvalue weighted by atomic mass is 9.77. The van der Waals surface area contributed by atoms with Gasteiger partial charge < -0.3 is 19.4 Å². The van der Waals surface area contributed by atoms with Crippen LogP contribution in [-0.4, -0.2) is 41.5 Å². The number of nitrogens with zero attached hydrogens (tertiary/aromatic N) is 1. The number of hydrogen-bond donors (Lipinski definition) is 1. The number of carbonyl (C=O) groups is 1. The van der Waals surface area contributed by atoms with Crippen LogP contribution in [0.5, 0.6) is 0 Å². The highest BCUT2D eigenvalue weighted by atomic mass is 35.5. The minimum absolute atomic E-state index is 0.216. The number of pyridine rings is 1. The van der Waals surface area contributed by atoms with Gasteiger partial charge in [0.2, 0.25) is 0 Å². The molecule has 28 heavy (non-hydrogen) atoms. The Morgan fingerprint density at radius 1 is 1.29 bits per heavy atom. The maximum absolute atomic E-state index is 12.1. The third-order valence-electron chi connectivity index (χ3n) is 4.78. The van der Waals surface area contributed by atoms with Crippen LogP contribution < -0.4 is 5.32 Å². The molecule has 0 aromatic carbocycles. The van der Waals surface area contributed by atoms with Gasteiger partial charge in [0.05, 0.1) is 11.2 Å². The number of aryl methyl sites for hydroxylation is 1. The third-order valence-corrected chi connectivity index (χ3v) is 5.18. The van der Waals surface area contributed by atoms with Crippen LogP contribution >= 0.6 is 11.6 Å². The molecule has 1 N–H and O–H groups in total. The molecule has 1 aliphatic rings. The first-order chi connectivity index (χ1) is 12.7. The molecule has 154 valence electrons. The van der Waals surface area contributed by atoms with Crippen LogP contribution in [0.1, 0.15) is 59.6 Å². The number of hydrogen-bond acceptors (Lipinski definition) is 5. The van der Waals surface area contributed by atoms with E-state index in [4.69, 9.17) is 25.6 Å². The first kappa shape index (κ1) is 22.7. The fourth-order valence-electron chi connectivity index (χ4n) is 2.56. The predicted octanol–water partition coefficient (Wildman–Crippen LogP) is 4.58. The van der Waals surface area contributed by atoms with Crippen molar-refractivity contribution < 1.29 is 18.8 Å². The zero-order chi connectivity index (χ0) is 21.3. The smallest absolute Gasteiger partial charge is 0.444 e. The summed E-state index contributed by atoms with van der Waals surface area (Å²) in [4.78, 5) is 16.3. The second-order valence-electron chi connectivity index (χ2n) is 9.04. The van der Waals surface area contributed by atoms with Crippen molar-refractivity contribution in [1.29, 1.82) is 0 Å². The summed E-state index contributed by atoms with van der Waals surface area (Å²) < 4.78 is 17.6. The Labute approximate surface area is 173 Å². The summed E-state index contributed by atoms with van der Waals surface area (Å²) in [7, 11) is -0.601. The summed E-state index contributed by atoms with van der Waals surface area (Å²) in [5.41, 5.74) is 0.915. The molecule has 0 saturated carbocycles. The van der Waals surface area contributed by atoms with Crippen LogP contribution in [0.2, 0.25) is 5.15 Å². The largest absolute Gasteiger partial charge is 0.492 e. The molecule has 0 unspecified atom stereocenters. The second-order valence-corrected chi connectivity index (χ2v) is 9.40. The van der Waals surface area contributed by atoms with E-state index in [2.05, 4.69) is 10.3 Å². The van der Waals surface area contributed by atoms with E-state index in [1.807, 2.05) is 67.5 Å². The van der Waals surface area contributed by atoms with Crippen LogP contribution in [0.3, 0.4) is 0 Å². The number of alkyl carbamates (subject to hydrolysis) is 1. The first-order valence-corrected chi connectivity index (χ1v) is 9.73. The van der Waals surface area contributed by atoms with Gasteiger partial charge in [0.25, 0.3) is 0 Å². The fraction of sp³-hybridized carbons (Fsp3) is 0.600. The van der Waals surface area contributed by atoms with Crippen molar-refractivity contribution in [3.8, 4) is 0 Å². The Bertz CT molecular complexity index is 756. The maximum atomic E-state index is 12.1. The number of amides is 1. The van der Waals surface area contributed by atoms with Gasteiger partial charge in [-0.3, -0.25) is 0 Å². The van der Waals surface area contributed by atoms with E-state index < -0.39 is 30.0 Å². The van der Waals surface area contributed by atoms with Crippen LogP contribution in [-0.2, 0) is 14.0 Å². The molecule has 1 aromatic rings. The molecule has 0 radical (unpaired) electrons.